The summed E-state index contributed by atoms with van der Waals surface area (Å²) in [6, 6.07) is 6.00. The van der Waals surface area contributed by atoms with Gasteiger partial charge < -0.3 is 0 Å². The minimum absolute atomic E-state index is 0.146. The van der Waals surface area contributed by atoms with Gasteiger partial charge in [-0.15, -0.1) is 0 Å². The molecule has 5 heteroatoms. The molecular weight excluding hydrogens is 320 g/mol. The third kappa shape index (κ3) is 3.79. The van der Waals surface area contributed by atoms with Gasteiger partial charge in [-0.05, 0) is 66.2 Å². The van der Waals surface area contributed by atoms with E-state index in [4.69, 9.17) is 0 Å². The number of halogens is 1. The molecule has 4 nitrogen and oxygen atoms in total. The average Bonchev–Trinajstić information content (AvgIpc) is 2.41. The van der Waals surface area contributed by atoms with Gasteiger partial charge in [-0.25, -0.2) is 0 Å². The Morgan fingerprint density at radius 1 is 1.35 bits per heavy atom. The number of nitrogens with zero attached hydrogens (tertiary/aromatic N) is 2. The van der Waals surface area contributed by atoms with E-state index in [9.17, 15) is 10.1 Å². The second kappa shape index (κ2) is 6.68. The van der Waals surface area contributed by atoms with Crippen LogP contribution in [-0.4, -0.2) is 22.9 Å². The van der Waals surface area contributed by atoms with Gasteiger partial charge in [0.15, 0.2) is 0 Å². The van der Waals surface area contributed by atoms with Crippen molar-refractivity contribution in [3.63, 3.8) is 0 Å². The molecule has 20 heavy (non-hydrogen) atoms. The Hall–Kier alpha value is -0.940. The molecule has 0 unspecified atom stereocenters. The number of hydrogen-bond donors (Lipinski definition) is 0. The number of nitro benzene ring substituents is 1. The van der Waals surface area contributed by atoms with Gasteiger partial charge in [-0.3, -0.25) is 15.0 Å². The van der Waals surface area contributed by atoms with Crippen LogP contribution >= 0.6 is 15.9 Å². The summed E-state index contributed by atoms with van der Waals surface area (Å²) in [4.78, 5) is 13.0. The summed E-state index contributed by atoms with van der Waals surface area (Å²) in [7, 11) is 2.12. The number of benzene rings is 1. The van der Waals surface area contributed by atoms with Crippen LogP contribution < -0.4 is 0 Å². The number of nitro groups is 1. The van der Waals surface area contributed by atoms with E-state index in [1.807, 2.05) is 6.07 Å². The molecule has 0 saturated heterocycles. The molecule has 1 aromatic carbocycles. The normalized spacial score (nSPS) is 23.0. The monoisotopic (exact) mass is 340 g/mol. The Kier molecular flexibility index (Phi) is 5.16. The molecule has 0 N–H and O–H groups in total. The summed E-state index contributed by atoms with van der Waals surface area (Å²) in [5.41, 5.74) is 1.15. The van der Waals surface area contributed by atoms with Crippen LogP contribution in [-0.2, 0) is 6.54 Å². The number of hydrogen-bond acceptors (Lipinski definition) is 3. The predicted octanol–water partition coefficient (Wildman–Crippen LogP) is 4.37. The van der Waals surface area contributed by atoms with E-state index in [0.717, 1.165) is 18.0 Å². The van der Waals surface area contributed by atoms with Gasteiger partial charge in [0.05, 0.1) is 9.40 Å². The molecule has 110 valence electrons. The Morgan fingerprint density at radius 2 is 2.00 bits per heavy atom. The highest BCUT2D eigenvalue weighted by Gasteiger charge is 2.22. The van der Waals surface area contributed by atoms with Crippen molar-refractivity contribution in [3.05, 3.63) is 38.3 Å². The molecule has 1 fully saturated rings. The third-order valence-corrected chi connectivity index (χ3v) is 4.92. The Labute approximate surface area is 128 Å². The molecule has 1 saturated carbocycles. The molecule has 0 aromatic heterocycles. The van der Waals surface area contributed by atoms with Crippen LogP contribution in [0.2, 0.25) is 0 Å². The zero-order valence-corrected chi connectivity index (χ0v) is 13.6. The van der Waals surface area contributed by atoms with Crippen molar-refractivity contribution in [3.8, 4) is 0 Å². The van der Waals surface area contributed by atoms with E-state index < -0.39 is 0 Å². The fourth-order valence-corrected chi connectivity index (χ4v) is 3.29. The lowest BCUT2D eigenvalue weighted by Crippen LogP contribution is -2.34. The lowest BCUT2D eigenvalue weighted by Gasteiger charge is -2.33. The van der Waals surface area contributed by atoms with Gasteiger partial charge in [0, 0.05) is 18.7 Å². The molecule has 0 aliphatic heterocycles. The van der Waals surface area contributed by atoms with Crippen LogP contribution in [0.15, 0.2) is 22.7 Å². The maximum Gasteiger partial charge on any atom is 0.283 e. The Bertz CT molecular complexity index is 485. The fraction of sp³-hybridized carbons (Fsp3) is 0.600. The largest absolute Gasteiger partial charge is 0.299 e. The first-order chi connectivity index (χ1) is 9.47. The average molecular weight is 341 g/mol. The van der Waals surface area contributed by atoms with Crippen LogP contribution in [0, 0.1) is 16.0 Å². The minimum atomic E-state index is -0.337. The highest BCUT2D eigenvalue weighted by atomic mass is 79.9. The lowest BCUT2D eigenvalue weighted by molar-refractivity contribution is -0.385. The first kappa shape index (κ1) is 15.4. The van der Waals surface area contributed by atoms with Crippen molar-refractivity contribution in [2.75, 3.05) is 7.05 Å². The van der Waals surface area contributed by atoms with Gasteiger partial charge in [0.1, 0.15) is 0 Å². The quantitative estimate of drug-likeness (QED) is 0.604. The zero-order chi connectivity index (χ0) is 14.7. The topological polar surface area (TPSA) is 46.4 Å². The van der Waals surface area contributed by atoms with E-state index in [0.29, 0.717) is 10.5 Å². The lowest BCUT2D eigenvalue weighted by atomic mass is 9.86. The van der Waals surface area contributed by atoms with E-state index in [1.54, 1.807) is 12.1 Å². The molecular formula is C15H21BrN2O2. The van der Waals surface area contributed by atoms with Gasteiger partial charge in [0.2, 0.25) is 0 Å². The highest BCUT2D eigenvalue weighted by Crippen LogP contribution is 2.29. The second-order valence-electron chi connectivity index (χ2n) is 5.87. The van der Waals surface area contributed by atoms with Crippen LogP contribution in [0.4, 0.5) is 5.69 Å². The number of rotatable bonds is 4. The van der Waals surface area contributed by atoms with Gasteiger partial charge >= 0.3 is 0 Å². The van der Waals surface area contributed by atoms with Crippen LogP contribution in [0.3, 0.4) is 0 Å². The molecule has 0 radical (unpaired) electrons. The van der Waals surface area contributed by atoms with Crippen LogP contribution in [0.5, 0.6) is 0 Å². The van der Waals surface area contributed by atoms with Crippen molar-refractivity contribution in [1.82, 2.24) is 4.90 Å². The SMILES string of the molecule is CC1CCC(N(C)Cc2ccc(Br)c([N+](=O)[O-])c2)CC1. The summed E-state index contributed by atoms with van der Waals surface area (Å²) < 4.78 is 0.542. The molecule has 1 aromatic rings. The van der Waals surface area contributed by atoms with Crippen molar-refractivity contribution in [2.24, 2.45) is 5.92 Å². The van der Waals surface area contributed by atoms with Gasteiger partial charge in [-0.2, -0.15) is 0 Å². The highest BCUT2D eigenvalue weighted by molar-refractivity contribution is 9.10. The summed E-state index contributed by atoms with van der Waals surface area (Å²) >= 11 is 3.23. The summed E-state index contributed by atoms with van der Waals surface area (Å²) in [6.45, 7) is 3.08. The second-order valence-corrected chi connectivity index (χ2v) is 6.73. The maximum atomic E-state index is 11.0. The molecule has 0 spiro atoms. The molecule has 0 heterocycles. The first-order valence-electron chi connectivity index (χ1n) is 7.10. The Morgan fingerprint density at radius 3 is 2.60 bits per heavy atom. The summed E-state index contributed by atoms with van der Waals surface area (Å²) in [6.07, 6.45) is 5.04. The maximum absolute atomic E-state index is 11.0. The molecule has 2 rings (SSSR count). The van der Waals surface area contributed by atoms with Crippen molar-refractivity contribution < 1.29 is 4.92 Å². The van der Waals surface area contributed by atoms with Crippen LogP contribution in [0.1, 0.15) is 38.2 Å². The molecule has 1 aliphatic rings. The third-order valence-electron chi connectivity index (χ3n) is 4.25. The minimum Gasteiger partial charge on any atom is -0.299 e. The van der Waals surface area contributed by atoms with E-state index >= 15 is 0 Å². The fourth-order valence-electron chi connectivity index (χ4n) is 2.90. The molecule has 0 bridgehead atoms. The van der Waals surface area contributed by atoms with E-state index in [2.05, 4.69) is 34.8 Å². The Balaban J connectivity index is 2.02. The standard InChI is InChI=1S/C15H21BrN2O2/c1-11-3-6-13(7-4-11)17(2)10-12-5-8-14(16)15(9-12)18(19)20/h5,8-9,11,13H,3-4,6-7,10H2,1-2H3. The summed E-state index contributed by atoms with van der Waals surface area (Å²) in [5, 5.41) is 11.0. The smallest absolute Gasteiger partial charge is 0.283 e. The molecule has 1 aliphatic carbocycles. The van der Waals surface area contributed by atoms with Crippen molar-refractivity contribution >= 4 is 21.6 Å². The first-order valence-corrected chi connectivity index (χ1v) is 7.89. The van der Waals surface area contributed by atoms with E-state index in [1.165, 1.54) is 25.7 Å². The zero-order valence-electron chi connectivity index (χ0n) is 12.0. The van der Waals surface area contributed by atoms with Crippen LogP contribution in [0.25, 0.3) is 0 Å². The molecule has 0 atom stereocenters. The van der Waals surface area contributed by atoms with E-state index in [-0.39, 0.29) is 10.6 Å². The van der Waals surface area contributed by atoms with Crippen molar-refractivity contribution in [2.45, 2.75) is 45.2 Å². The van der Waals surface area contributed by atoms with Gasteiger partial charge in [0.25, 0.3) is 5.69 Å². The van der Waals surface area contributed by atoms with Gasteiger partial charge in [-0.1, -0.05) is 13.0 Å². The predicted molar refractivity (Wildman–Crippen MR) is 83.7 cm³/mol. The summed E-state index contributed by atoms with van der Waals surface area (Å²) in [5.74, 6) is 0.841. The van der Waals surface area contributed by atoms with Crippen molar-refractivity contribution in [1.29, 1.82) is 0 Å². The molecule has 0 amide bonds.